The highest BCUT2D eigenvalue weighted by atomic mass is 35.5. The zero-order valence-electron chi connectivity index (χ0n) is 11.9. The molecule has 1 heterocycles. The predicted octanol–water partition coefficient (Wildman–Crippen LogP) is 4.40. The molecule has 0 atom stereocenters. The first-order valence-corrected chi connectivity index (χ1v) is 8.31. The average molecular weight is 321 g/mol. The van der Waals surface area contributed by atoms with Gasteiger partial charge in [-0.25, -0.2) is 0 Å². The summed E-state index contributed by atoms with van der Waals surface area (Å²) in [5, 5.41) is 18.7. The lowest BCUT2D eigenvalue weighted by molar-refractivity contribution is 0.686. The fourth-order valence-electron chi connectivity index (χ4n) is 1.96. The zero-order chi connectivity index (χ0) is 15.1. The maximum atomic E-state index is 8.52. The summed E-state index contributed by atoms with van der Waals surface area (Å²) in [7, 11) is 0. The Kier molecular flexibility index (Phi) is 6.09. The molecule has 0 saturated heterocycles. The third-order valence-electron chi connectivity index (χ3n) is 3.05. The molecule has 0 aliphatic heterocycles. The van der Waals surface area contributed by atoms with Crippen molar-refractivity contribution in [2.24, 2.45) is 0 Å². The Labute approximate surface area is 134 Å². The van der Waals surface area contributed by atoms with Crippen molar-refractivity contribution in [3.63, 3.8) is 0 Å². The van der Waals surface area contributed by atoms with Gasteiger partial charge in [0.2, 0.25) is 0 Å². The summed E-state index contributed by atoms with van der Waals surface area (Å²) in [6.45, 7) is 2.91. The van der Waals surface area contributed by atoms with E-state index in [1.165, 1.54) is 0 Å². The van der Waals surface area contributed by atoms with Crippen LogP contribution in [0.4, 0.5) is 0 Å². The molecule has 1 aromatic carbocycles. The zero-order valence-corrected chi connectivity index (χ0v) is 13.5. The van der Waals surface area contributed by atoms with Gasteiger partial charge < -0.3 is 4.57 Å². The molecule has 110 valence electrons. The second kappa shape index (κ2) is 8.06. The minimum atomic E-state index is 0.622. The molecule has 21 heavy (non-hydrogen) atoms. The quantitative estimate of drug-likeness (QED) is 0.560. The summed E-state index contributed by atoms with van der Waals surface area (Å²) in [6.07, 6.45) is 2.58. The van der Waals surface area contributed by atoms with Gasteiger partial charge in [0, 0.05) is 29.3 Å². The van der Waals surface area contributed by atoms with Crippen LogP contribution in [0, 0.1) is 11.3 Å². The molecule has 2 rings (SSSR count). The van der Waals surface area contributed by atoms with E-state index < -0.39 is 0 Å². The highest BCUT2D eigenvalue weighted by Crippen LogP contribution is 2.25. The summed E-state index contributed by atoms with van der Waals surface area (Å²) in [6, 6.07) is 9.81. The van der Waals surface area contributed by atoms with Crippen LogP contribution in [0.15, 0.2) is 29.4 Å². The van der Waals surface area contributed by atoms with Crippen LogP contribution in [-0.2, 0) is 6.54 Å². The van der Waals surface area contributed by atoms with Crippen LogP contribution in [0.5, 0.6) is 0 Å². The normalized spacial score (nSPS) is 10.5. The van der Waals surface area contributed by atoms with Gasteiger partial charge in [0.1, 0.15) is 0 Å². The van der Waals surface area contributed by atoms with Gasteiger partial charge in [-0.2, -0.15) is 5.26 Å². The van der Waals surface area contributed by atoms with Crippen molar-refractivity contribution >= 4 is 23.4 Å². The SMILES string of the molecule is CCn1c(SCCCCC#N)nnc1-c1ccc(Cl)cc1. The molecule has 0 unspecified atom stereocenters. The van der Waals surface area contributed by atoms with Crippen molar-refractivity contribution in [3.8, 4) is 17.5 Å². The molecule has 0 spiro atoms. The van der Waals surface area contributed by atoms with Crippen LogP contribution in [0.2, 0.25) is 5.02 Å². The number of nitriles is 1. The van der Waals surface area contributed by atoms with Crippen molar-refractivity contribution in [1.29, 1.82) is 5.26 Å². The van der Waals surface area contributed by atoms with E-state index in [1.54, 1.807) is 11.8 Å². The molecule has 0 aliphatic carbocycles. The maximum Gasteiger partial charge on any atom is 0.191 e. The van der Waals surface area contributed by atoms with Crippen LogP contribution in [-0.4, -0.2) is 20.5 Å². The van der Waals surface area contributed by atoms with E-state index in [-0.39, 0.29) is 0 Å². The van der Waals surface area contributed by atoms with Gasteiger partial charge in [-0.05, 0) is 44.0 Å². The summed E-state index contributed by atoms with van der Waals surface area (Å²) in [5.74, 6) is 1.83. The van der Waals surface area contributed by atoms with Gasteiger partial charge in [0.05, 0.1) is 6.07 Å². The molecule has 6 heteroatoms. The van der Waals surface area contributed by atoms with Gasteiger partial charge in [-0.15, -0.1) is 10.2 Å². The Morgan fingerprint density at radius 1 is 1.24 bits per heavy atom. The number of nitrogens with zero attached hydrogens (tertiary/aromatic N) is 4. The van der Waals surface area contributed by atoms with Crippen LogP contribution >= 0.6 is 23.4 Å². The molecule has 1 aromatic heterocycles. The lowest BCUT2D eigenvalue weighted by atomic mass is 10.2. The Morgan fingerprint density at radius 3 is 2.67 bits per heavy atom. The fraction of sp³-hybridized carbons (Fsp3) is 0.400. The lowest BCUT2D eigenvalue weighted by Crippen LogP contribution is -2.00. The van der Waals surface area contributed by atoms with Gasteiger partial charge in [-0.1, -0.05) is 23.4 Å². The first-order valence-electron chi connectivity index (χ1n) is 6.95. The van der Waals surface area contributed by atoms with E-state index in [2.05, 4.69) is 27.8 Å². The summed E-state index contributed by atoms with van der Waals surface area (Å²) in [4.78, 5) is 0. The molecule has 0 bridgehead atoms. The van der Waals surface area contributed by atoms with E-state index in [9.17, 15) is 0 Å². The molecule has 0 amide bonds. The van der Waals surface area contributed by atoms with E-state index in [0.717, 1.165) is 41.7 Å². The number of unbranched alkanes of at least 4 members (excludes halogenated alkanes) is 2. The minimum absolute atomic E-state index is 0.622. The Bertz CT molecular complexity index is 616. The molecular formula is C15H17ClN4S. The predicted molar refractivity (Wildman–Crippen MR) is 86.3 cm³/mol. The van der Waals surface area contributed by atoms with Crippen LogP contribution in [0.1, 0.15) is 26.2 Å². The molecule has 0 saturated carbocycles. The van der Waals surface area contributed by atoms with E-state index >= 15 is 0 Å². The highest BCUT2D eigenvalue weighted by Gasteiger charge is 2.12. The number of halogens is 1. The topological polar surface area (TPSA) is 54.5 Å². The van der Waals surface area contributed by atoms with E-state index in [1.807, 2.05) is 24.3 Å². The van der Waals surface area contributed by atoms with Crippen molar-refractivity contribution in [2.75, 3.05) is 5.75 Å². The smallest absolute Gasteiger partial charge is 0.191 e. The van der Waals surface area contributed by atoms with Crippen molar-refractivity contribution in [3.05, 3.63) is 29.3 Å². The molecular weight excluding hydrogens is 304 g/mol. The Hall–Kier alpha value is -1.51. The molecule has 0 N–H and O–H groups in total. The number of aromatic nitrogens is 3. The van der Waals surface area contributed by atoms with Crippen molar-refractivity contribution in [2.45, 2.75) is 37.9 Å². The van der Waals surface area contributed by atoms with E-state index in [0.29, 0.717) is 11.4 Å². The van der Waals surface area contributed by atoms with Crippen LogP contribution in [0.25, 0.3) is 11.4 Å². The molecule has 0 fully saturated rings. The number of rotatable bonds is 7. The average Bonchev–Trinajstić information content (AvgIpc) is 2.90. The standard InChI is InChI=1S/C15H17ClN4S/c1-2-20-14(12-6-8-13(16)9-7-12)18-19-15(20)21-11-5-3-4-10-17/h6-9H,2-5,11H2,1H3. The molecule has 2 aromatic rings. The first-order chi connectivity index (χ1) is 10.3. The first kappa shape index (κ1) is 15.9. The van der Waals surface area contributed by atoms with Crippen LogP contribution < -0.4 is 0 Å². The van der Waals surface area contributed by atoms with Gasteiger partial charge in [-0.3, -0.25) is 0 Å². The van der Waals surface area contributed by atoms with Gasteiger partial charge in [0.25, 0.3) is 0 Å². The number of thioether (sulfide) groups is 1. The van der Waals surface area contributed by atoms with Crippen LogP contribution in [0.3, 0.4) is 0 Å². The van der Waals surface area contributed by atoms with Gasteiger partial charge in [0.15, 0.2) is 11.0 Å². The maximum absolute atomic E-state index is 8.52. The van der Waals surface area contributed by atoms with Gasteiger partial charge >= 0.3 is 0 Å². The largest absolute Gasteiger partial charge is 0.302 e. The third-order valence-corrected chi connectivity index (χ3v) is 4.35. The van der Waals surface area contributed by atoms with Crippen molar-refractivity contribution < 1.29 is 0 Å². The Balaban J connectivity index is 2.07. The second-order valence-electron chi connectivity index (χ2n) is 4.52. The number of hydrogen-bond donors (Lipinski definition) is 0. The fourth-order valence-corrected chi connectivity index (χ4v) is 3.09. The molecule has 0 aliphatic rings. The summed E-state index contributed by atoms with van der Waals surface area (Å²) in [5.41, 5.74) is 1.02. The molecule has 4 nitrogen and oxygen atoms in total. The third kappa shape index (κ3) is 4.23. The van der Waals surface area contributed by atoms with E-state index in [4.69, 9.17) is 16.9 Å². The van der Waals surface area contributed by atoms with Crippen molar-refractivity contribution in [1.82, 2.24) is 14.8 Å². The number of benzene rings is 1. The monoisotopic (exact) mass is 320 g/mol. The second-order valence-corrected chi connectivity index (χ2v) is 6.02. The minimum Gasteiger partial charge on any atom is -0.302 e. The summed E-state index contributed by atoms with van der Waals surface area (Å²) >= 11 is 7.61. The highest BCUT2D eigenvalue weighted by molar-refractivity contribution is 7.99. The molecule has 0 radical (unpaired) electrons. The Morgan fingerprint density at radius 2 is 2.00 bits per heavy atom. The lowest BCUT2D eigenvalue weighted by Gasteiger charge is -2.07. The number of hydrogen-bond acceptors (Lipinski definition) is 4. The summed E-state index contributed by atoms with van der Waals surface area (Å²) < 4.78 is 2.11.